The van der Waals surface area contributed by atoms with Gasteiger partial charge in [0.2, 0.25) is 11.8 Å². The van der Waals surface area contributed by atoms with Gasteiger partial charge in [-0.2, -0.15) is 0 Å². The Kier molecular flexibility index (Phi) is 6.22. The molecule has 3 aromatic rings. The smallest absolute Gasteiger partial charge is 0.326 e. The molecule has 0 bridgehead atoms. The molecule has 0 amide bonds. The molecule has 0 spiro atoms. The lowest BCUT2D eigenvalue weighted by Crippen LogP contribution is -2.27. The highest BCUT2D eigenvalue weighted by Gasteiger charge is 2.24. The number of rotatable bonds is 7. The van der Waals surface area contributed by atoms with E-state index in [2.05, 4.69) is 15.0 Å². The van der Waals surface area contributed by atoms with Gasteiger partial charge in [0.05, 0.1) is 19.0 Å². The van der Waals surface area contributed by atoms with Crippen molar-refractivity contribution >= 4 is 6.08 Å². The quantitative estimate of drug-likeness (QED) is 0.489. The van der Waals surface area contributed by atoms with Gasteiger partial charge < -0.3 is 24.0 Å². The maximum Gasteiger partial charge on any atom is 0.326 e. The Morgan fingerprint density at radius 1 is 1.26 bits per heavy atom. The molecular weight excluding hydrogens is 405 g/mol. The lowest BCUT2D eigenvalue weighted by atomic mass is 9.95. The zero-order chi connectivity index (χ0) is 21.8. The molecule has 2 unspecified atom stereocenters. The Bertz CT molecular complexity index is 1100. The topological polar surface area (TPSA) is 113 Å². The summed E-state index contributed by atoms with van der Waals surface area (Å²) < 4.78 is 30.6. The number of aryl methyl sites for hydroxylation is 1. The van der Waals surface area contributed by atoms with E-state index in [1.165, 1.54) is 24.5 Å². The van der Waals surface area contributed by atoms with Crippen LogP contribution in [0.15, 0.2) is 39.7 Å². The molecule has 9 heteroatoms. The number of benzene rings is 1. The molecule has 0 saturated heterocycles. The van der Waals surface area contributed by atoms with E-state index in [0.717, 1.165) is 25.7 Å². The number of ether oxygens (including phenoxy) is 2. The van der Waals surface area contributed by atoms with Crippen molar-refractivity contribution in [3.63, 3.8) is 0 Å². The zero-order valence-corrected chi connectivity index (χ0v) is 17.1. The lowest BCUT2D eigenvalue weighted by molar-refractivity contribution is -0.0277. The second-order valence-electron chi connectivity index (χ2n) is 7.53. The molecule has 2 atom stereocenters. The van der Waals surface area contributed by atoms with Crippen molar-refractivity contribution in [1.82, 2.24) is 15.0 Å². The van der Waals surface area contributed by atoms with E-state index in [1.54, 1.807) is 12.1 Å². The van der Waals surface area contributed by atoms with Crippen LogP contribution in [0.4, 0.5) is 4.39 Å². The number of halogens is 1. The molecule has 1 aliphatic rings. The minimum absolute atomic E-state index is 0.0176. The fourth-order valence-corrected chi connectivity index (χ4v) is 3.58. The van der Waals surface area contributed by atoms with Crippen LogP contribution in [0.1, 0.15) is 42.8 Å². The Morgan fingerprint density at radius 2 is 2.03 bits per heavy atom. The number of aromatic amines is 2. The minimum Gasteiger partial charge on any atom is -0.498 e. The van der Waals surface area contributed by atoms with Crippen LogP contribution in [0.25, 0.3) is 17.5 Å². The molecule has 2 aromatic heterocycles. The number of nitrogens with zero attached hydrogens (tertiary/aromatic N) is 1. The number of H-pyrrole nitrogens is 2. The summed E-state index contributed by atoms with van der Waals surface area (Å²) in [7, 11) is 0. The van der Waals surface area contributed by atoms with E-state index < -0.39 is 5.69 Å². The summed E-state index contributed by atoms with van der Waals surface area (Å²) in [5.74, 6) is 0.582. The van der Waals surface area contributed by atoms with Crippen LogP contribution in [0, 0.1) is 12.7 Å². The van der Waals surface area contributed by atoms with Crippen molar-refractivity contribution in [2.24, 2.45) is 0 Å². The van der Waals surface area contributed by atoms with E-state index in [4.69, 9.17) is 13.9 Å². The van der Waals surface area contributed by atoms with E-state index in [0.29, 0.717) is 29.5 Å². The van der Waals surface area contributed by atoms with Crippen molar-refractivity contribution in [2.45, 2.75) is 51.4 Å². The Balaban J connectivity index is 1.30. The summed E-state index contributed by atoms with van der Waals surface area (Å²) in [4.78, 5) is 20.3. The second kappa shape index (κ2) is 9.22. The molecule has 31 heavy (non-hydrogen) atoms. The predicted molar refractivity (Wildman–Crippen MR) is 111 cm³/mol. The van der Waals surface area contributed by atoms with Gasteiger partial charge in [-0.05, 0) is 50.5 Å². The van der Waals surface area contributed by atoms with E-state index in [1.807, 2.05) is 6.92 Å². The Hall–Kier alpha value is -3.33. The van der Waals surface area contributed by atoms with Crippen molar-refractivity contribution in [2.75, 3.05) is 0 Å². The van der Waals surface area contributed by atoms with Gasteiger partial charge in [-0.1, -0.05) is 0 Å². The van der Waals surface area contributed by atoms with Crippen LogP contribution in [-0.2, 0) is 16.1 Å². The number of aromatic nitrogens is 3. The van der Waals surface area contributed by atoms with Gasteiger partial charge in [0.1, 0.15) is 29.1 Å². The molecule has 8 nitrogen and oxygen atoms in total. The molecule has 1 saturated carbocycles. The molecule has 0 radical (unpaired) electrons. The molecule has 164 valence electrons. The first-order valence-electron chi connectivity index (χ1n) is 10.1. The molecule has 1 fully saturated rings. The van der Waals surface area contributed by atoms with Crippen LogP contribution in [-0.4, -0.2) is 32.3 Å². The number of hydrogen-bond donors (Lipinski definition) is 3. The molecule has 3 N–H and O–H groups in total. The van der Waals surface area contributed by atoms with Crippen LogP contribution in [0.2, 0.25) is 0 Å². The average Bonchev–Trinajstić information content (AvgIpc) is 3.28. The summed E-state index contributed by atoms with van der Waals surface area (Å²) in [6.07, 6.45) is 6.51. The zero-order valence-electron chi connectivity index (χ0n) is 17.1. The normalized spacial score (nSPS) is 19.2. The Morgan fingerprint density at radius 3 is 2.77 bits per heavy atom. The summed E-state index contributed by atoms with van der Waals surface area (Å²) >= 11 is 0. The first-order valence-corrected chi connectivity index (χ1v) is 10.1. The molecule has 1 aliphatic carbocycles. The number of nitrogens with one attached hydrogen (secondary N) is 2. The fourth-order valence-electron chi connectivity index (χ4n) is 3.58. The summed E-state index contributed by atoms with van der Waals surface area (Å²) in [6, 6.07) is 6.00. The minimum atomic E-state index is -0.478. The molecule has 2 heterocycles. The highest BCUT2D eigenvalue weighted by atomic mass is 19.1. The average molecular weight is 429 g/mol. The van der Waals surface area contributed by atoms with Gasteiger partial charge in [0.15, 0.2) is 0 Å². The third kappa shape index (κ3) is 5.24. The van der Waals surface area contributed by atoms with Crippen LogP contribution in [0.5, 0.6) is 5.88 Å². The summed E-state index contributed by atoms with van der Waals surface area (Å²) in [6.45, 7) is 2.15. The molecular formula is C22H24FN3O5. The SMILES string of the molecule is Cc1oc(-c2ccc(F)cc2)nc1COC1CCCC(OC=Cc2[nH]c(=O)[nH]c2O)C1. The monoisotopic (exact) mass is 429 g/mol. The number of oxazole rings is 1. The van der Waals surface area contributed by atoms with Gasteiger partial charge in [-0.3, -0.25) is 4.98 Å². The van der Waals surface area contributed by atoms with Crippen LogP contribution < -0.4 is 5.69 Å². The largest absolute Gasteiger partial charge is 0.498 e. The van der Waals surface area contributed by atoms with Gasteiger partial charge in [0, 0.05) is 18.1 Å². The third-order valence-corrected chi connectivity index (χ3v) is 5.26. The van der Waals surface area contributed by atoms with Gasteiger partial charge >= 0.3 is 5.69 Å². The number of aromatic hydroxyl groups is 1. The van der Waals surface area contributed by atoms with Crippen LogP contribution >= 0.6 is 0 Å². The van der Waals surface area contributed by atoms with E-state index in [9.17, 15) is 14.3 Å². The lowest BCUT2D eigenvalue weighted by Gasteiger charge is -2.28. The van der Waals surface area contributed by atoms with Crippen molar-refractivity contribution < 1.29 is 23.4 Å². The van der Waals surface area contributed by atoms with Crippen LogP contribution in [0.3, 0.4) is 0 Å². The number of hydrogen-bond acceptors (Lipinski definition) is 6. The molecule has 4 rings (SSSR count). The number of imidazole rings is 1. The van der Waals surface area contributed by atoms with Crippen molar-refractivity contribution in [3.8, 4) is 17.3 Å². The summed E-state index contributed by atoms with van der Waals surface area (Å²) in [5.41, 5.74) is 1.22. The maximum atomic E-state index is 13.1. The predicted octanol–water partition coefficient (Wildman–Crippen LogP) is 4.03. The Labute approximate surface area is 177 Å². The second-order valence-corrected chi connectivity index (χ2v) is 7.53. The van der Waals surface area contributed by atoms with Gasteiger partial charge in [-0.15, -0.1) is 0 Å². The highest BCUT2D eigenvalue weighted by molar-refractivity contribution is 5.53. The van der Waals surface area contributed by atoms with Gasteiger partial charge in [0.25, 0.3) is 0 Å². The van der Waals surface area contributed by atoms with E-state index in [-0.39, 0.29) is 29.6 Å². The van der Waals surface area contributed by atoms with Crippen molar-refractivity contribution in [3.05, 3.63) is 64.0 Å². The molecule has 1 aromatic carbocycles. The third-order valence-electron chi connectivity index (χ3n) is 5.26. The van der Waals surface area contributed by atoms with Crippen molar-refractivity contribution in [1.29, 1.82) is 0 Å². The fraction of sp³-hybridized carbons (Fsp3) is 0.364. The van der Waals surface area contributed by atoms with E-state index >= 15 is 0 Å². The first kappa shape index (κ1) is 20.9. The highest BCUT2D eigenvalue weighted by Crippen LogP contribution is 2.27. The first-order chi connectivity index (χ1) is 15.0. The summed E-state index contributed by atoms with van der Waals surface area (Å²) in [5, 5.41) is 9.55. The van der Waals surface area contributed by atoms with Gasteiger partial charge in [-0.25, -0.2) is 14.2 Å². The molecule has 0 aliphatic heterocycles. The maximum absolute atomic E-state index is 13.1. The standard InChI is InChI=1S/C22H24FN3O5/c1-13-19(24-21(31-13)14-5-7-15(23)8-6-14)12-30-17-4-2-3-16(11-17)29-10-9-18-20(27)26-22(28)25-18/h5-10,16-17,27H,2-4,11-12H2,1H3,(H2,25,26,28).